The fourth-order valence-electron chi connectivity index (χ4n) is 4.89. The van der Waals surface area contributed by atoms with Gasteiger partial charge in [-0.05, 0) is 54.4 Å². The number of hydrogen-bond donors (Lipinski definition) is 2. The predicted molar refractivity (Wildman–Crippen MR) is 134 cm³/mol. The number of nitrogens with two attached hydrogens (primary N) is 1. The molecule has 0 saturated carbocycles. The summed E-state index contributed by atoms with van der Waals surface area (Å²) >= 11 is 0. The van der Waals surface area contributed by atoms with E-state index in [-0.39, 0.29) is 18.0 Å². The van der Waals surface area contributed by atoms with Crippen LogP contribution in [0.5, 0.6) is 0 Å². The minimum Gasteiger partial charge on any atom is -0.366 e. The van der Waals surface area contributed by atoms with E-state index in [0.29, 0.717) is 40.9 Å². The summed E-state index contributed by atoms with van der Waals surface area (Å²) in [5.41, 5.74) is 9.57. The summed E-state index contributed by atoms with van der Waals surface area (Å²) in [7, 11) is 0. The summed E-state index contributed by atoms with van der Waals surface area (Å²) in [6.45, 7) is 0.571. The van der Waals surface area contributed by atoms with Crippen LogP contribution in [0, 0.1) is 0 Å². The number of fused-ring (bicyclic) bond motifs is 6. The first-order chi connectivity index (χ1) is 17.0. The van der Waals surface area contributed by atoms with Crippen molar-refractivity contribution in [3.63, 3.8) is 0 Å². The van der Waals surface area contributed by atoms with Crippen molar-refractivity contribution in [2.75, 3.05) is 5.32 Å². The van der Waals surface area contributed by atoms with Gasteiger partial charge in [0, 0.05) is 28.7 Å². The number of para-hydroxylation sites is 2. The van der Waals surface area contributed by atoms with Gasteiger partial charge in [-0.3, -0.25) is 19.0 Å². The summed E-state index contributed by atoms with van der Waals surface area (Å²) in [5, 5.41) is 4.52. The monoisotopic (exact) mass is 463 g/mol. The van der Waals surface area contributed by atoms with Gasteiger partial charge in [-0.25, -0.2) is 4.98 Å². The average Bonchev–Trinajstić information content (AvgIpc) is 3.18. The minimum absolute atomic E-state index is 0.0378. The van der Waals surface area contributed by atoms with E-state index >= 15 is 0 Å². The Morgan fingerprint density at radius 1 is 0.943 bits per heavy atom. The first-order valence-electron chi connectivity index (χ1n) is 11.3. The zero-order valence-corrected chi connectivity index (χ0v) is 18.7. The van der Waals surface area contributed by atoms with Gasteiger partial charge in [0.15, 0.2) is 5.82 Å². The van der Waals surface area contributed by atoms with Crippen LogP contribution in [0.1, 0.15) is 15.9 Å². The number of rotatable bonds is 4. The number of hydrogen-bond acceptors (Lipinski definition) is 4. The minimum atomic E-state index is -0.526. The van der Waals surface area contributed by atoms with Gasteiger partial charge in [0.1, 0.15) is 6.54 Å². The van der Waals surface area contributed by atoms with E-state index in [1.165, 1.54) is 0 Å². The van der Waals surface area contributed by atoms with Gasteiger partial charge >= 0.3 is 0 Å². The van der Waals surface area contributed by atoms with Crippen molar-refractivity contribution in [3.8, 4) is 11.5 Å². The number of primary amides is 1. The lowest BCUT2D eigenvalue weighted by Crippen LogP contribution is -2.29. The van der Waals surface area contributed by atoms with Gasteiger partial charge in [-0.15, -0.1) is 0 Å². The molecule has 35 heavy (non-hydrogen) atoms. The van der Waals surface area contributed by atoms with Crippen molar-refractivity contribution in [1.82, 2.24) is 14.1 Å². The highest BCUT2D eigenvalue weighted by Gasteiger charge is 2.28. The Balaban J connectivity index is 1.46. The Kier molecular flexibility index (Phi) is 4.74. The van der Waals surface area contributed by atoms with Gasteiger partial charge in [0.05, 0.1) is 16.6 Å². The molecule has 3 heterocycles. The molecule has 0 spiro atoms. The van der Waals surface area contributed by atoms with Crippen LogP contribution in [0.2, 0.25) is 0 Å². The summed E-state index contributed by atoms with van der Waals surface area (Å²) in [5.74, 6) is -0.187. The van der Waals surface area contributed by atoms with Crippen molar-refractivity contribution in [2.45, 2.75) is 19.5 Å². The lowest BCUT2D eigenvalue weighted by molar-refractivity contribution is -0.116. The molecule has 0 fully saturated rings. The molecule has 0 unspecified atom stereocenters. The predicted octanol–water partition coefficient (Wildman–Crippen LogP) is 3.31. The molecule has 3 N–H and O–H groups in total. The lowest BCUT2D eigenvalue weighted by Gasteiger charge is -2.21. The van der Waals surface area contributed by atoms with Crippen LogP contribution in [-0.2, 0) is 24.3 Å². The quantitative estimate of drug-likeness (QED) is 0.426. The van der Waals surface area contributed by atoms with Gasteiger partial charge in [0.25, 0.3) is 5.56 Å². The van der Waals surface area contributed by atoms with Crippen LogP contribution >= 0.6 is 0 Å². The van der Waals surface area contributed by atoms with Crippen LogP contribution < -0.4 is 16.6 Å². The lowest BCUT2D eigenvalue weighted by atomic mass is 10.0. The number of amides is 2. The van der Waals surface area contributed by atoms with Crippen LogP contribution in [0.25, 0.3) is 33.3 Å². The summed E-state index contributed by atoms with van der Waals surface area (Å²) in [4.78, 5) is 42.5. The van der Waals surface area contributed by atoms with E-state index in [0.717, 1.165) is 22.2 Å². The maximum Gasteiger partial charge on any atom is 0.261 e. The van der Waals surface area contributed by atoms with Crippen molar-refractivity contribution in [3.05, 3.63) is 94.3 Å². The smallest absolute Gasteiger partial charge is 0.261 e. The number of aryl methyl sites for hydroxylation is 1. The fraction of sp³-hybridized carbons (Fsp3) is 0.111. The van der Waals surface area contributed by atoms with Crippen molar-refractivity contribution in [1.29, 1.82) is 0 Å². The molecule has 5 aromatic rings. The molecule has 3 aromatic carbocycles. The van der Waals surface area contributed by atoms with Gasteiger partial charge in [-0.1, -0.05) is 30.3 Å². The number of nitrogens with zero attached hydrogens (tertiary/aromatic N) is 3. The number of carbonyl (C=O) groups excluding carboxylic acids is 2. The molecule has 8 nitrogen and oxygen atoms in total. The standard InChI is InChI=1S/C27H21N5O3/c28-25(34)16-9-11-17(12-10-16)29-23(33)15-32-22-8-4-2-5-18(22)19-13-14-31-26(24(19)32)30-21-7-3-1-6-20(21)27(31)35/h1-12H,13-15H2,(H2,28,34)(H,29,33). The van der Waals surface area contributed by atoms with Crippen LogP contribution in [-0.4, -0.2) is 25.9 Å². The third-order valence-electron chi connectivity index (χ3n) is 6.49. The number of nitrogens with one attached hydrogen (secondary N) is 1. The summed E-state index contributed by atoms with van der Waals surface area (Å²) in [6, 6.07) is 21.7. The molecular weight excluding hydrogens is 442 g/mol. The molecule has 0 aliphatic carbocycles. The van der Waals surface area contributed by atoms with E-state index in [1.807, 2.05) is 47.0 Å². The Bertz CT molecular complexity index is 1710. The molecular formula is C27H21N5O3. The highest BCUT2D eigenvalue weighted by Crippen LogP contribution is 2.36. The largest absolute Gasteiger partial charge is 0.366 e. The van der Waals surface area contributed by atoms with Gasteiger partial charge in [-0.2, -0.15) is 0 Å². The maximum atomic E-state index is 13.2. The summed E-state index contributed by atoms with van der Waals surface area (Å²) < 4.78 is 3.64. The fourth-order valence-corrected chi connectivity index (χ4v) is 4.89. The second kappa shape index (κ2) is 7.95. The Hall–Kier alpha value is -4.72. The summed E-state index contributed by atoms with van der Waals surface area (Å²) in [6.07, 6.45) is 0.673. The highest BCUT2D eigenvalue weighted by molar-refractivity contribution is 5.97. The molecule has 6 rings (SSSR count). The van der Waals surface area contributed by atoms with Crippen molar-refractivity contribution >= 4 is 39.3 Å². The van der Waals surface area contributed by atoms with E-state index in [9.17, 15) is 14.4 Å². The van der Waals surface area contributed by atoms with Crippen LogP contribution in [0.15, 0.2) is 77.6 Å². The molecule has 0 bridgehead atoms. The molecule has 0 radical (unpaired) electrons. The van der Waals surface area contributed by atoms with E-state index in [4.69, 9.17) is 10.7 Å². The number of anilines is 1. The zero-order valence-electron chi connectivity index (χ0n) is 18.7. The molecule has 2 amide bonds. The topological polar surface area (TPSA) is 112 Å². The zero-order chi connectivity index (χ0) is 24.1. The van der Waals surface area contributed by atoms with Crippen LogP contribution in [0.4, 0.5) is 5.69 Å². The SMILES string of the molecule is NC(=O)c1ccc(NC(=O)Cn2c3c(c4ccccc42)CCn2c-3nc3ccccc3c2=O)cc1. The number of carbonyl (C=O) groups is 2. The van der Waals surface area contributed by atoms with Gasteiger partial charge in [0.2, 0.25) is 11.8 Å². The maximum absolute atomic E-state index is 13.2. The van der Waals surface area contributed by atoms with E-state index in [1.54, 1.807) is 34.9 Å². The van der Waals surface area contributed by atoms with Crippen molar-refractivity contribution < 1.29 is 9.59 Å². The normalized spacial score (nSPS) is 12.3. The first kappa shape index (κ1) is 20.9. The second-order valence-electron chi connectivity index (χ2n) is 8.58. The molecule has 1 aliphatic rings. The number of aromatic nitrogens is 3. The number of benzene rings is 3. The molecule has 2 aromatic heterocycles. The molecule has 0 atom stereocenters. The highest BCUT2D eigenvalue weighted by atomic mass is 16.2. The van der Waals surface area contributed by atoms with Crippen molar-refractivity contribution in [2.24, 2.45) is 5.73 Å². The van der Waals surface area contributed by atoms with Crippen LogP contribution in [0.3, 0.4) is 0 Å². The Labute approximate surface area is 199 Å². The Morgan fingerprint density at radius 2 is 1.66 bits per heavy atom. The first-order valence-corrected chi connectivity index (χ1v) is 11.3. The molecule has 8 heteroatoms. The third-order valence-corrected chi connectivity index (χ3v) is 6.49. The van der Waals surface area contributed by atoms with E-state index in [2.05, 4.69) is 5.32 Å². The third kappa shape index (κ3) is 3.38. The average molecular weight is 463 g/mol. The molecule has 1 aliphatic heterocycles. The van der Waals surface area contributed by atoms with E-state index < -0.39 is 5.91 Å². The molecule has 0 saturated heterocycles. The Morgan fingerprint density at radius 3 is 2.43 bits per heavy atom. The molecule has 172 valence electrons. The van der Waals surface area contributed by atoms with Gasteiger partial charge < -0.3 is 15.6 Å². The second-order valence-corrected chi connectivity index (χ2v) is 8.58.